The summed E-state index contributed by atoms with van der Waals surface area (Å²) in [6.07, 6.45) is 3.02. The molecular weight excluding hydrogens is 308 g/mol. The third-order valence-corrected chi connectivity index (χ3v) is 3.87. The second kappa shape index (κ2) is 6.84. The predicted molar refractivity (Wildman–Crippen MR) is 90.1 cm³/mol. The quantitative estimate of drug-likeness (QED) is 0.733. The minimum Gasteiger partial charge on any atom is -0.491 e. The van der Waals surface area contributed by atoms with Crippen LogP contribution in [0.5, 0.6) is 5.75 Å². The predicted octanol–water partition coefficient (Wildman–Crippen LogP) is 1.13. The van der Waals surface area contributed by atoms with E-state index in [2.05, 4.69) is 17.0 Å². The van der Waals surface area contributed by atoms with Crippen molar-refractivity contribution in [2.75, 3.05) is 6.61 Å². The summed E-state index contributed by atoms with van der Waals surface area (Å²) >= 11 is 0. The monoisotopic (exact) mass is 328 g/mol. The molecule has 2 heterocycles. The van der Waals surface area contributed by atoms with E-state index in [1.165, 1.54) is 22.7 Å². The number of hydrogen-bond donors (Lipinski definition) is 1. The van der Waals surface area contributed by atoms with Gasteiger partial charge in [0.15, 0.2) is 5.65 Å². The molecule has 3 rings (SSSR count). The molecular formula is C17H20N4O3. The second-order valence-electron chi connectivity index (χ2n) is 5.67. The van der Waals surface area contributed by atoms with E-state index in [0.717, 1.165) is 6.42 Å². The van der Waals surface area contributed by atoms with Crippen LogP contribution < -0.4 is 10.3 Å². The fourth-order valence-electron chi connectivity index (χ4n) is 2.52. The summed E-state index contributed by atoms with van der Waals surface area (Å²) in [6, 6.07) is 7.74. The summed E-state index contributed by atoms with van der Waals surface area (Å²) < 4.78 is 8.53. The molecule has 0 fully saturated rings. The van der Waals surface area contributed by atoms with Crippen LogP contribution in [-0.4, -0.2) is 37.1 Å². The molecule has 0 aliphatic heterocycles. The lowest BCUT2D eigenvalue weighted by Crippen LogP contribution is -2.30. The van der Waals surface area contributed by atoms with Crippen LogP contribution in [0.25, 0.3) is 11.0 Å². The van der Waals surface area contributed by atoms with Gasteiger partial charge in [0.05, 0.1) is 12.7 Å². The van der Waals surface area contributed by atoms with Crippen molar-refractivity contribution in [3.05, 3.63) is 52.7 Å². The first-order valence-corrected chi connectivity index (χ1v) is 7.85. The summed E-state index contributed by atoms with van der Waals surface area (Å²) in [5, 5.41) is 14.6. The van der Waals surface area contributed by atoms with Crippen LogP contribution in [0.2, 0.25) is 0 Å². The van der Waals surface area contributed by atoms with E-state index in [1.807, 2.05) is 24.3 Å². The maximum absolute atomic E-state index is 12.4. The first-order chi connectivity index (χ1) is 11.6. The Hall–Kier alpha value is -2.67. The fourth-order valence-corrected chi connectivity index (χ4v) is 2.52. The number of fused-ring (bicyclic) bond motifs is 1. The van der Waals surface area contributed by atoms with Crippen molar-refractivity contribution in [2.24, 2.45) is 7.05 Å². The first-order valence-electron chi connectivity index (χ1n) is 7.85. The highest BCUT2D eigenvalue weighted by Gasteiger charge is 2.12. The van der Waals surface area contributed by atoms with Crippen LogP contribution in [0.1, 0.15) is 12.5 Å². The van der Waals surface area contributed by atoms with Gasteiger partial charge in [-0.15, -0.1) is 0 Å². The van der Waals surface area contributed by atoms with Crippen molar-refractivity contribution in [1.29, 1.82) is 0 Å². The Kier molecular flexibility index (Phi) is 4.61. The largest absolute Gasteiger partial charge is 0.491 e. The normalized spacial score (nSPS) is 12.5. The number of benzene rings is 1. The molecule has 2 aromatic heterocycles. The molecule has 7 nitrogen and oxygen atoms in total. The van der Waals surface area contributed by atoms with Crippen LogP contribution in [-0.2, 0) is 20.0 Å². The highest BCUT2D eigenvalue weighted by molar-refractivity contribution is 5.72. The van der Waals surface area contributed by atoms with Crippen LogP contribution in [0, 0.1) is 0 Å². The average Bonchev–Trinajstić information content (AvgIpc) is 2.97. The van der Waals surface area contributed by atoms with Gasteiger partial charge in [-0.3, -0.25) is 14.0 Å². The van der Waals surface area contributed by atoms with Gasteiger partial charge in [-0.25, -0.2) is 4.98 Å². The molecule has 1 atom stereocenters. The van der Waals surface area contributed by atoms with Crippen molar-refractivity contribution in [3.8, 4) is 5.75 Å². The molecule has 0 radical (unpaired) electrons. The van der Waals surface area contributed by atoms with E-state index in [0.29, 0.717) is 16.8 Å². The van der Waals surface area contributed by atoms with Crippen LogP contribution >= 0.6 is 0 Å². The molecule has 0 saturated carbocycles. The van der Waals surface area contributed by atoms with Crippen molar-refractivity contribution < 1.29 is 9.84 Å². The molecule has 0 unspecified atom stereocenters. The van der Waals surface area contributed by atoms with Crippen LogP contribution in [0.15, 0.2) is 41.6 Å². The van der Waals surface area contributed by atoms with E-state index < -0.39 is 6.10 Å². The van der Waals surface area contributed by atoms with E-state index >= 15 is 0 Å². The van der Waals surface area contributed by atoms with Crippen molar-refractivity contribution in [3.63, 3.8) is 0 Å². The van der Waals surface area contributed by atoms with Gasteiger partial charge in [-0.2, -0.15) is 5.10 Å². The Balaban J connectivity index is 1.67. The van der Waals surface area contributed by atoms with Gasteiger partial charge in [0.1, 0.15) is 30.2 Å². The molecule has 7 heteroatoms. The minimum atomic E-state index is -0.816. The molecule has 3 aromatic rings. The Morgan fingerprint density at radius 2 is 2.21 bits per heavy atom. The van der Waals surface area contributed by atoms with Gasteiger partial charge in [-0.05, 0) is 24.1 Å². The van der Waals surface area contributed by atoms with Gasteiger partial charge in [0, 0.05) is 7.05 Å². The minimum absolute atomic E-state index is 0.102. The first kappa shape index (κ1) is 16.2. The number of aliphatic hydroxyl groups is 1. The Morgan fingerprint density at radius 1 is 1.38 bits per heavy atom. The number of aryl methyl sites for hydroxylation is 2. The molecule has 0 spiro atoms. The maximum atomic E-state index is 12.4. The molecule has 0 saturated heterocycles. The van der Waals surface area contributed by atoms with Gasteiger partial charge >= 0.3 is 0 Å². The molecule has 126 valence electrons. The number of aliphatic hydroxyl groups excluding tert-OH is 1. The van der Waals surface area contributed by atoms with Gasteiger partial charge < -0.3 is 9.84 Å². The molecule has 24 heavy (non-hydrogen) atoms. The Bertz CT molecular complexity index is 900. The third-order valence-electron chi connectivity index (χ3n) is 3.87. The van der Waals surface area contributed by atoms with Crippen molar-refractivity contribution in [2.45, 2.75) is 26.0 Å². The van der Waals surface area contributed by atoms with Crippen molar-refractivity contribution >= 4 is 11.0 Å². The topological polar surface area (TPSA) is 82.2 Å². The fraction of sp³-hybridized carbons (Fsp3) is 0.353. The van der Waals surface area contributed by atoms with Gasteiger partial charge in [0.25, 0.3) is 5.56 Å². The SMILES string of the molecule is CCc1cccc(OC[C@H](O)Cn2cnc3c(cnn3C)c2=O)c1. The van der Waals surface area contributed by atoms with E-state index in [4.69, 9.17) is 4.74 Å². The molecule has 0 aliphatic rings. The number of rotatable bonds is 6. The van der Waals surface area contributed by atoms with E-state index in [1.54, 1.807) is 11.7 Å². The van der Waals surface area contributed by atoms with Crippen LogP contribution in [0.4, 0.5) is 0 Å². The lowest BCUT2D eigenvalue weighted by Gasteiger charge is -2.14. The van der Waals surface area contributed by atoms with E-state index in [-0.39, 0.29) is 18.7 Å². The zero-order valence-corrected chi connectivity index (χ0v) is 13.7. The van der Waals surface area contributed by atoms with Gasteiger partial charge in [-0.1, -0.05) is 19.1 Å². The smallest absolute Gasteiger partial charge is 0.264 e. The third kappa shape index (κ3) is 3.30. The molecule has 1 N–H and O–H groups in total. The zero-order valence-electron chi connectivity index (χ0n) is 13.7. The van der Waals surface area contributed by atoms with Crippen LogP contribution in [0.3, 0.4) is 0 Å². The number of aromatic nitrogens is 4. The van der Waals surface area contributed by atoms with Gasteiger partial charge in [0.2, 0.25) is 0 Å². The average molecular weight is 328 g/mol. The molecule has 0 amide bonds. The summed E-state index contributed by atoms with van der Waals surface area (Å²) in [4.78, 5) is 16.6. The summed E-state index contributed by atoms with van der Waals surface area (Å²) in [5.41, 5.74) is 1.47. The zero-order chi connectivity index (χ0) is 17.1. The standard InChI is InChI=1S/C17H20N4O3/c1-3-12-5-4-6-14(7-12)24-10-13(22)9-21-11-18-16-15(17(21)23)8-19-20(16)2/h4-8,11,13,22H,3,9-10H2,1-2H3/t13-/m1/s1. The summed E-state index contributed by atoms with van der Waals surface area (Å²) in [7, 11) is 1.73. The number of hydrogen-bond acceptors (Lipinski definition) is 5. The maximum Gasteiger partial charge on any atom is 0.264 e. The molecule has 0 bridgehead atoms. The summed E-state index contributed by atoms with van der Waals surface area (Å²) in [5.74, 6) is 0.710. The highest BCUT2D eigenvalue weighted by Crippen LogP contribution is 2.14. The van der Waals surface area contributed by atoms with Crippen molar-refractivity contribution in [1.82, 2.24) is 19.3 Å². The summed E-state index contributed by atoms with van der Waals surface area (Å²) in [6.45, 7) is 2.29. The Labute approximate surface area is 139 Å². The number of ether oxygens (including phenoxy) is 1. The second-order valence-corrected chi connectivity index (χ2v) is 5.67. The van der Waals surface area contributed by atoms with E-state index in [9.17, 15) is 9.90 Å². The molecule has 1 aromatic carbocycles. The highest BCUT2D eigenvalue weighted by atomic mass is 16.5. The lowest BCUT2D eigenvalue weighted by molar-refractivity contribution is 0.0914. The molecule has 0 aliphatic carbocycles. The lowest BCUT2D eigenvalue weighted by atomic mass is 10.2. The number of nitrogens with zero attached hydrogens (tertiary/aromatic N) is 4. The Morgan fingerprint density at radius 3 is 3.00 bits per heavy atom.